The molecule has 3 N–H and O–H groups in total. The van der Waals surface area contributed by atoms with Crippen molar-refractivity contribution < 1.29 is 41.0 Å². The summed E-state index contributed by atoms with van der Waals surface area (Å²) in [6, 6.07) is 7.35. The third-order valence-electron chi connectivity index (χ3n) is 4.33. The highest BCUT2D eigenvalue weighted by molar-refractivity contribution is 5.98. The molecule has 3 rings (SSSR count). The van der Waals surface area contributed by atoms with Crippen LogP contribution in [0.3, 0.4) is 0 Å². The summed E-state index contributed by atoms with van der Waals surface area (Å²) < 4.78 is 70.1. The van der Waals surface area contributed by atoms with E-state index in [1.54, 1.807) is 6.07 Å². The molecular formula is C20H17F6N3O3. The first-order chi connectivity index (χ1) is 14.8. The molecule has 0 spiro atoms. The minimum atomic E-state index is -5.08. The molecule has 0 saturated carbocycles. The van der Waals surface area contributed by atoms with Gasteiger partial charge < -0.3 is 15.7 Å². The molecule has 1 aliphatic rings. The van der Waals surface area contributed by atoms with Crippen LogP contribution < -0.4 is 10.6 Å². The van der Waals surface area contributed by atoms with Gasteiger partial charge in [0.05, 0.1) is 11.6 Å². The molecule has 1 atom stereocenters. The Bertz CT molecular complexity index is 1000. The fraction of sp³-hybridized carbons (Fsp3) is 0.250. The minimum absolute atomic E-state index is 0.116. The molecule has 172 valence electrons. The van der Waals surface area contributed by atoms with Crippen LogP contribution in [0.2, 0.25) is 0 Å². The number of aromatic nitrogens is 1. The Morgan fingerprint density at radius 3 is 2.34 bits per heavy atom. The van der Waals surface area contributed by atoms with Gasteiger partial charge in [0.25, 0.3) is 0 Å². The largest absolute Gasteiger partial charge is 0.490 e. The van der Waals surface area contributed by atoms with Gasteiger partial charge in [0, 0.05) is 11.9 Å². The van der Waals surface area contributed by atoms with E-state index in [0.717, 1.165) is 42.3 Å². The molecule has 1 unspecified atom stereocenters. The summed E-state index contributed by atoms with van der Waals surface area (Å²) in [5.74, 6) is -2.86. The fourth-order valence-corrected chi connectivity index (χ4v) is 2.90. The summed E-state index contributed by atoms with van der Waals surface area (Å²) in [7, 11) is 0. The maximum atomic E-state index is 12.8. The van der Waals surface area contributed by atoms with Gasteiger partial charge in [-0.3, -0.25) is 4.79 Å². The van der Waals surface area contributed by atoms with Crippen LogP contribution in [0.25, 0.3) is 0 Å². The second-order valence-electron chi connectivity index (χ2n) is 6.57. The van der Waals surface area contributed by atoms with E-state index in [1.165, 1.54) is 6.08 Å². The highest BCUT2D eigenvalue weighted by atomic mass is 19.4. The van der Waals surface area contributed by atoms with Crippen LogP contribution in [0, 0.1) is 0 Å². The van der Waals surface area contributed by atoms with E-state index >= 15 is 0 Å². The first kappa shape index (κ1) is 24.7. The van der Waals surface area contributed by atoms with Gasteiger partial charge in [-0.2, -0.15) is 26.3 Å². The Labute approximate surface area is 178 Å². The zero-order valence-electron chi connectivity index (χ0n) is 16.2. The summed E-state index contributed by atoms with van der Waals surface area (Å²) in [6.45, 7) is 3.40. The van der Waals surface area contributed by atoms with Gasteiger partial charge in [-0.15, -0.1) is 0 Å². The molecule has 1 amide bonds. The molecule has 32 heavy (non-hydrogen) atoms. The second-order valence-corrected chi connectivity index (χ2v) is 6.57. The van der Waals surface area contributed by atoms with Crippen molar-refractivity contribution in [3.8, 4) is 0 Å². The van der Waals surface area contributed by atoms with E-state index in [1.807, 2.05) is 12.1 Å². The van der Waals surface area contributed by atoms with Crippen LogP contribution in [0.15, 0.2) is 49.2 Å². The lowest BCUT2D eigenvalue weighted by molar-refractivity contribution is -0.192. The van der Waals surface area contributed by atoms with E-state index in [9.17, 15) is 31.1 Å². The number of pyridine rings is 1. The van der Waals surface area contributed by atoms with Crippen LogP contribution in [0.5, 0.6) is 0 Å². The summed E-state index contributed by atoms with van der Waals surface area (Å²) in [5.41, 5.74) is 1.98. The molecular weight excluding hydrogens is 444 g/mol. The molecule has 0 bridgehead atoms. The molecule has 1 aromatic heterocycles. The number of fused-ring (bicyclic) bond motifs is 1. The number of hydrogen-bond acceptors (Lipinski definition) is 4. The average molecular weight is 461 g/mol. The zero-order chi connectivity index (χ0) is 24.1. The zero-order valence-corrected chi connectivity index (χ0v) is 16.2. The summed E-state index contributed by atoms with van der Waals surface area (Å²) in [4.78, 5) is 24.2. The molecule has 1 heterocycles. The lowest BCUT2D eigenvalue weighted by Gasteiger charge is -2.16. The van der Waals surface area contributed by atoms with Gasteiger partial charge >= 0.3 is 18.3 Å². The van der Waals surface area contributed by atoms with Crippen molar-refractivity contribution in [1.82, 2.24) is 4.98 Å². The Morgan fingerprint density at radius 2 is 1.78 bits per heavy atom. The van der Waals surface area contributed by atoms with Crippen LogP contribution in [-0.4, -0.2) is 28.1 Å². The number of carbonyl (C=O) groups excluding carboxylic acids is 1. The number of benzene rings is 1. The Kier molecular flexibility index (Phi) is 7.49. The van der Waals surface area contributed by atoms with E-state index in [2.05, 4.69) is 22.2 Å². The van der Waals surface area contributed by atoms with Crippen LogP contribution in [0.4, 0.5) is 37.8 Å². The van der Waals surface area contributed by atoms with Crippen LogP contribution >= 0.6 is 0 Å². The lowest BCUT2D eigenvalue weighted by Crippen LogP contribution is -2.21. The molecule has 0 radical (unpaired) electrons. The predicted octanol–water partition coefficient (Wildman–Crippen LogP) is 4.96. The molecule has 6 nitrogen and oxygen atoms in total. The van der Waals surface area contributed by atoms with E-state index in [0.29, 0.717) is 5.69 Å². The Morgan fingerprint density at radius 1 is 1.12 bits per heavy atom. The number of carboxylic acids is 1. The molecule has 1 aromatic carbocycles. The van der Waals surface area contributed by atoms with Gasteiger partial charge in [0.1, 0.15) is 5.82 Å². The minimum Gasteiger partial charge on any atom is -0.475 e. The van der Waals surface area contributed by atoms with Crippen LogP contribution in [-0.2, 0) is 22.2 Å². The lowest BCUT2D eigenvalue weighted by atomic mass is 10.1. The number of carbonyl (C=O) groups is 2. The molecule has 1 aliphatic carbocycles. The molecule has 2 aromatic rings. The van der Waals surface area contributed by atoms with Crippen LogP contribution in [0.1, 0.15) is 29.2 Å². The number of aliphatic carboxylic acids is 1. The van der Waals surface area contributed by atoms with Gasteiger partial charge in [-0.05, 0) is 54.3 Å². The van der Waals surface area contributed by atoms with Gasteiger partial charge in [0.15, 0.2) is 0 Å². The van der Waals surface area contributed by atoms with Crippen molar-refractivity contribution in [2.75, 3.05) is 10.6 Å². The monoisotopic (exact) mass is 461 g/mol. The van der Waals surface area contributed by atoms with Gasteiger partial charge in [-0.1, -0.05) is 12.6 Å². The standard InChI is InChI=1S/C18H16F3N3O.C2HF3O2/c1-2-17(25)23-13-4-5-14-11(9-13)3-6-15(14)24-16-10-12(7-8-22-16)18(19,20)21;3-2(4,5)1(6)7/h2,4-5,7-10,15H,1,3,6H2,(H,22,24)(H,23,25);(H,6,7). The molecule has 0 fully saturated rings. The SMILES string of the molecule is C=CC(=O)Nc1ccc2c(c1)CCC2Nc1cc(C(F)(F)F)ccn1.O=C(O)C(F)(F)F. The van der Waals surface area contributed by atoms with E-state index in [-0.39, 0.29) is 17.8 Å². The normalized spacial score (nSPS) is 15.1. The Balaban J connectivity index is 0.000000451. The smallest absolute Gasteiger partial charge is 0.475 e. The number of rotatable bonds is 4. The van der Waals surface area contributed by atoms with E-state index in [4.69, 9.17) is 9.90 Å². The summed E-state index contributed by atoms with van der Waals surface area (Å²) in [6.07, 6.45) is -5.63. The number of amides is 1. The third-order valence-corrected chi connectivity index (χ3v) is 4.33. The molecule has 0 saturated heterocycles. The number of nitrogens with zero attached hydrogens (tertiary/aromatic N) is 1. The highest BCUT2D eigenvalue weighted by Gasteiger charge is 2.38. The number of carboxylic acid groups (broad SMARTS) is 1. The maximum Gasteiger partial charge on any atom is 0.490 e. The number of halogens is 6. The van der Waals surface area contributed by atoms with Gasteiger partial charge in [-0.25, -0.2) is 9.78 Å². The van der Waals surface area contributed by atoms with Gasteiger partial charge in [0.2, 0.25) is 5.91 Å². The van der Waals surface area contributed by atoms with E-state index < -0.39 is 23.9 Å². The fourth-order valence-electron chi connectivity index (χ4n) is 2.90. The van der Waals surface area contributed by atoms with Crippen molar-refractivity contribution in [3.05, 3.63) is 65.9 Å². The first-order valence-corrected chi connectivity index (χ1v) is 8.97. The number of nitrogens with one attached hydrogen (secondary N) is 2. The number of hydrogen-bond donors (Lipinski definition) is 3. The molecule has 12 heteroatoms. The molecule has 0 aliphatic heterocycles. The van der Waals surface area contributed by atoms with Crippen molar-refractivity contribution in [2.45, 2.75) is 31.2 Å². The highest BCUT2D eigenvalue weighted by Crippen LogP contribution is 2.36. The summed E-state index contributed by atoms with van der Waals surface area (Å²) in [5, 5.41) is 12.9. The quantitative estimate of drug-likeness (QED) is 0.443. The number of alkyl halides is 6. The van der Waals surface area contributed by atoms with Crippen molar-refractivity contribution in [1.29, 1.82) is 0 Å². The number of aryl methyl sites for hydroxylation is 1. The first-order valence-electron chi connectivity index (χ1n) is 8.97. The topological polar surface area (TPSA) is 91.3 Å². The van der Waals surface area contributed by atoms with Crippen molar-refractivity contribution in [3.63, 3.8) is 0 Å². The van der Waals surface area contributed by atoms with Crippen molar-refractivity contribution in [2.24, 2.45) is 0 Å². The Hall–Kier alpha value is -3.57. The average Bonchev–Trinajstić information content (AvgIpc) is 3.09. The second kappa shape index (κ2) is 9.71. The summed E-state index contributed by atoms with van der Waals surface area (Å²) >= 11 is 0. The number of anilines is 2. The maximum absolute atomic E-state index is 12.8. The third kappa shape index (κ3) is 6.72. The van der Waals surface area contributed by atoms with Crippen molar-refractivity contribution >= 4 is 23.4 Å². The predicted molar refractivity (Wildman–Crippen MR) is 103 cm³/mol.